The highest BCUT2D eigenvalue weighted by Crippen LogP contribution is 2.30. The molecule has 33 heavy (non-hydrogen) atoms. The van der Waals surface area contributed by atoms with Gasteiger partial charge in [-0.25, -0.2) is 12.4 Å². The first-order valence-electron chi connectivity index (χ1n) is 10.2. The Bertz CT molecular complexity index is 1380. The first-order valence-corrected chi connectivity index (χ1v) is 11.6. The van der Waals surface area contributed by atoms with E-state index in [-0.39, 0.29) is 17.7 Å². The first kappa shape index (κ1) is 22.3. The summed E-state index contributed by atoms with van der Waals surface area (Å²) in [6.45, 7) is 0.316. The molecule has 4 rings (SSSR count). The number of fused-ring (bicyclic) bond motifs is 1. The summed E-state index contributed by atoms with van der Waals surface area (Å²) in [4.78, 5) is 15.2. The second kappa shape index (κ2) is 9.33. The van der Waals surface area contributed by atoms with Gasteiger partial charge in [0.1, 0.15) is 18.1 Å². The zero-order valence-electron chi connectivity index (χ0n) is 17.8. The fourth-order valence-electron chi connectivity index (χ4n) is 3.48. The lowest BCUT2D eigenvalue weighted by atomic mass is 10.1. The molecule has 2 aromatic heterocycles. The Morgan fingerprint density at radius 3 is 2.52 bits per heavy atom. The van der Waals surface area contributed by atoms with Crippen LogP contribution in [0.25, 0.3) is 10.9 Å². The van der Waals surface area contributed by atoms with Crippen LogP contribution in [0.4, 0.5) is 0 Å². The minimum atomic E-state index is -3.92. The molecule has 0 saturated heterocycles. The summed E-state index contributed by atoms with van der Waals surface area (Å²) in [7, 11) is -2.41. The van der Waals surface area contributed by atoms with Crippen molar-refractivity contribution in [3.8, 4) is 11.5 Å². The molecule has 0 bridgehead atoms. The molecule has 0 radical (unpaired) electrons. The van der Waals surface area contributed by atoms with Crippen LogP contribution in [0.15, 0.2) is 78.1 Å². The lowest BCUT2D eigenvalue weighted by Gasteiger charge is -2.10. The predicted octanol–water partition coefficient (Wildman–Crippen LogP) is 3.88. The number of aliphatic carboxylic acids is 1. The summed E-state index contributed by atoms with van der Waals surface area (Å²) in [5.74, 6) is 0.134. The van der Waals surface area contributed by atoms with Crippen molar-refractivity contribution in [2.24, 2.45) is 0 Å². The molecule has 4 aromatic rings. The van der Waals surface area contributed by atoms with Gasteiger partial charge < -0.3 is 14.6 Å². The molecule has 1 N–H and O–H groups in total. The average Bonchev–Trinajstić information content (AvgIpc) is 3.21. The smallest absolute Gasteiger partial charge is 0.303 e. The van der Waals surface area contributed by atoms with Gasteiger partial charge in [0, 0.05) is 36.0 Å². The highest BCUT2D eigenvalue weighted by atomic mass is 32.2. The van der Waals surface area contributed by atoms with E-state index in [9.17, 15) is 13.2 Å². The molecule has 0 atom stereocenters. The van der Waals surface area contributed by atoms with Crippen molar-refractivity contribution in [3.05, 3.63) is 84.3 Å². The molecule has 0 fully saturated rings. The number of hydrogen-bond acceptors (Lipinski definition) is 6. The van der Waals surface area contributed by atoms with Crippen molar-refractivity contribution in [2.75, 3.05) is 7.11 Å². The number of benzene rings is 2. The highest BCUT2D eigenvalue weighted by Gasteiger charge is 2.22. The molecule has 0 spiro atoms. The van der Waals surface area contributed by atoms with Gasteiger partial charge in [0.15, 0.2) is 0 Å². The molecule has 0 aliphatic carbocycles. The summed E-state index contributed by atoms with van der Waals surface area (Å²) in [6, 6.07) is 14.9. The van der Waals surface area contributed by atoms with Gasteiger partial charge in [-0.3, -0.25) is 9.78 Å². The van der Waals surface area contributed by atoms with Gasteiger partial charge in [-0.15, -0.1) is 0 Å². The Labute approximate surface area is 191 Å². The van der Waals surface area contributed by atoms with Crippen LogP contribution in [0.1, 0.15) is 17.5 Å². The van der Waals surface area contributed by atoms with Crippen LogP contribution >= 0.6 is 0 Å². The van der Waals surface area contributed by atoms with Crippen molar-refractivity contribution >= 4 is 26.9 Å². The van der Waals surface area contributed by atoms with Crippen LogP contribution < -0.4 is 9.47 Å². The van der Waals surface area contributed by atoms with Crippen molar-refractivity contribution < 1.29 is 27.8 Å². The Kier molecular flexibility index (Phi) is 6.32. The van der Waals surface area contributed by atoms with Gasteiger partial charge in [0.25, 0.3) is 10.0 Å². The monoisotopic (exact) mass is 466 g/mol. The van der Waals surface area contributed by atoms with Crippen LogP contribution in [0.5, 0.6) is 11.5 Å². The van der Waals surface area contributed by atoms with Gasteiger partial charge in [-0.05, 0) is 60.5 Å². The van der Waals surface area contributed by atoms with Gasteiger partial charge in [0.05, 0.1) is 17.5 Å². The van der Waals surface area contributed by atoms with Crippen LogP contribution in [0.2, 0.25) is 0 Å². The van der Waals surface area contributed by atoms with E-state index in [1.807, 2.05) is 12.1 Å². The number of nitrogens with zero attached hydrogens (tertiary/aromatic N) is 2. The number of carboxylic acids is 1. The Morgan fingerprint density at radius 2 is 1.85 bits per heavy atom. The lowest BCUT2D eigenvalue weighted by Crippen LogP contribution is -2.12. The minimum absolute atomic E-state index is 0.0914. The van der Waals surface area contributed by atoms with E-state index in [4.69, 9.17) is 14.6 Å². The summed E-state index contributed by atoms with van der Waals surface area (Å²) >= 11 is 0. The van der Waals surface area contributed by atoms with E-state index in [1.54, 1.807) is 42.7 Å². The maximum absolute atomic E-state index is 13.4. The molecule has 0 aliphatic rings. The summed E-state index contributed by atoms with van der Waals surface area (Å²) < 4.78 is 39.0. The Morgan fingerprint density at radius 1 is 1.09 bits per heavy atom. The van der Waals surface area contributed by atoms with Crippen LogP contribution in [-0.4, -0.2) is 35.6 Å². The van der Waals surface area contributed by atoms with Gasteiger partial charge in [-0.1, -0.05) is 6.07 Å². The average molecular weight is 467 g/mol. The highest BCUT2D eigenvalue weighted by molar-refractivity contribution is 7.90. The minimum Gasteiger partial charge on any atom is -0.497 e. The zero-order valence-corrected chi connectivity index (χ0v) is 18.7. The molecule has 0 saturated carbocycles. The number of aromatic nitrogens is 2. The molecule has 9 heteroatoms. The van der Waals surface area contributed by atoms with E-state index < -0.39 is 16.0 Å². The number of methoxy groups -OCH3 is 1. The second-order valence-electron chi connectivity index (χ2n) is 7.35. The van der Waals surface area contributed by atoms with Crippen molar-refractivity contribution in [1.29, 1.82) is 0 Å². The fourth-order valence-corrected chi connectivity index (χ4v) is 4.87. The van der Waals surface area contributed by atoms with Gasteiger partial charge in [-0.2, -0.15) is 0 Å². The number of rotatable bonds is 9. The quantitative estimate of drug-likeness (QED) is 0.399. The lowest BCUT2D eigenvalue weighted by molar-refractivity contribution is -0.136. The van der Waals surface area contributed by atoms with Crippen molar-refractivity contribution in [3.63, 3.8) is 0 Å². The molecule has 0 amide bonds. The molecule has 170 valence electrons. The van der Waals surface area contributed by atoms with E-state index >= 15 is 0 Å². The van der Waals surface area contributed by atoms with Crippen molar-refractivity contribution in [2.45, 2.75) is 24.3 Å². The number of pyridine rings is 1. The third-order valence-electron chi connectivity index (χ3n) is 5.18. The summed E-state index contributed by atoms with van der Waals surface area (Å²) in [5, 5.41) is 9.70. The number of carbonyl (C=O) groups is 1. The largest absolute Gasteiger partial charge is 0.497 e. The molecule has 2 heterocycles. The molecule has 0 unspecified atom stereocenters. The van der Waals surface area contributed by atoms with Crippen LogP contribution in [0, 0.1) is 0 Å². The topological polar surface area (TPSA) is 108 Å². The molecular formula is C24H22N2O6S. The standard InChI is InChI=1S/C24H22N2O6S/c1-31-20-7-10-23-22(13-20)18(4-11-24(27)28)15-26(23)33(29,30)21-8-5-19(6-9-21)32-16-17-3-2-12-25-14-17/h2-3,5-10,12-15H,4,11,16H2,1H3,(H,27,28). The maximum Gasteiger partial charge on any atom is 0.303 e. The predicted molar refractivity (Wildman–Crippen MR) is 122 cm³/mol. The number of carboxylic acid groups (broad SMARTS) is 1. The maximum atomic E-state index is 13.4. The summed E-state index contributed by atoms with van der Waals surface area (Å²) in [6.07, 6.45) is 4.95. The van der Waals surface area contributed by atoms with E-state index in [0.29, 0.717) is 34.6 Å². The Hall–Kier alpha value is -3.85. The first-order chi connectivity index (χ1) is 15.9. The number of hydrogen-bond donors (Lipinski definition) is 1. The molecular weight excluding hydrogens is 444 g/mol. The molecule has 2 aromatic carbocycles. The van der Waals surface area contributed by atoms with E-state index in [1.165, 1.54) is 29.4 Å². The molecule has 0 aliphatic heterocycles. The fraction of sp³-hybridized carbons (Fsp3) is 0.167. The Balaban J connectivity index is 1.64. The zero-order chi connectivity index (χ0) is 23.4. The van der Waals surface area contributed by atoms with Crippen LogP contribution in [-0.2, 0) is 27.8 Å². The van der Waals surface area contributed by atoms with Crippen molar-refractivity contribution in [1.82, 2.24) is 8.96 Å². The van der Waals surface area contributed by atoms with Crippen LogP contribution in [0.3, 0.4) is 0 Å². The van der Waals surface area contributed by atoms with Gasteiger partial charge in [0.2, 0.25) is 0 Å². The number of ether oxygens (including phenoxy) is 2. The van der Waals surface area contributed by atoms with Gasteiger partial charge >= 0.3 is 5.97 Å². The second-order valence-corrected chi connectivity index (χ2v) is 9.17. The normalized spacial score (nSPS) is 11.4. The third kappa shape index (κ3) is 4.83. The van der Waals surface area contributed by atoms with E-state index in [2.05, 4.69) is 4.98 Å². The number of aryl methyl sites for hydroxylation is 1. The summed E-state index contributed by atoms with van der Waals surface area (Å²) in [5.41, 5.74) is 1.97. The van der Waals surface area contributed by atoms with E-state index in [0.717, 1.165) is 5.56 Å². The molecule has 8 nitrogen and oxygen atoms in total. The SMILES string of the molecule is COc1ccc2c(c1)c(CCC(=O)O)cn2S(=O)(=O)c1ccc(OCc2cccnc2)cc1. The third-order valence-corrected chi connectivity index (χ3v) is 6.87.